The fraction of sp³-hybridized carbons (Fsp3) is 0.167. The van der Waals surface area contributed by atoms with Crippen molar-refractivity contribution in [2.24, 2.45) is 0 Å². The van der Waals surface area contributed by atoms with Gasteiger partial charge in [-0.2, -0.15) is 0 Å². The van der Waals surface area contributed by atoms with Gasteiger partial charge in [-0.1, -0.05) is 6.07 Å². The van der Waals surface area contributed by atoms with Crippen molar-refractivity contribution in [3.63, 3.8) is 0 Å². The van der Waals surface area contributed by atoms with Crippen molar-refractivity contribution in [2.75, 3.05) is 0 Å². The van der Waals surface area contributed by atoms with E-state index in [-0.39, 0.29) is 5.91 Å². The molecule has 0 saturated carbocycles. The minimum atomic E-state index is -1.06. The molecule has 0 bridgehead atoms. The van der Waals surface area contributed by atoms with Crippen molar-refractivity contribution in [3.05, 3.63) is 44.3 Å². The zero-order valence-corrected chi connectivity index (χ0v) is 11.2. The number of hydrogen-bond donors (Lipinski definition) is 2. The molecule has 0 aliphatic carbocycles. The second-order valence-electron chi connectivity index (χ2n) is 3.67. The summed E-state index contributed by atoms with van der Waals surface area (Å²) in [6.45, 7) is 1.90. The fourth-order valence-corrected chi connectivity index (χ4v) is 3.01. The van der Waals surface area contributed by atoms with Crippen LogP contribution >= 0.6 is 22.7 Å². The van der Waals surface area contributed by atoms with E-state index >= 15 is 0 Å². The number of aliphatic carboxylic acids is 1. The Labute approximate surface area is 112 Å². The summed E-state index contributed by atoms with van der Waals surface area (Å²) in [4.78, 5) is 25.2. The van der Waals surface area contributed by atoms with Gasteiger partial charge < -0.3 is 10.4 Å². The van der Waals surface area contributed by atoms with Gasteiger partial charge in [0.25, 0.3) is 5.91 Å². The molecule has 2 aromatic rings. The molecule has 0 radical (unpaired) electrons. The third-order valence-electron chi connectivity index (χ3n) is 2.31. The smallest absolute Gasteiger partial charge is 0.331 e. The van der Waals surface area contributed by atoms with Gasteiger partial charge in [-0.05, 0) is 30.5 Å². The predicted molar refractivity (Wildman–Crippen MR) is 71.2 cm³/mol. The monoisotopic (exact) mass is 281 g/mol. The van der Waals surface area contributed by atoms with Crippen LogP contribution in [0.25, 0.3) is 0 Å². The molecule has 6 heteroatoms. The molecule has 1 atom stereocenters. The van der Waals surface area contributed by atoms with Crippen molar-refractivity contribution < 1.29 is 14.7 Å². The molecule has 0 fully saturated rings. The van der Waals surface area contributed by atoms with E-state index in [4.69, 9.17) is 5.11 Å². The minimum absolute atomic E-state index is 0.353. The van der Waals surface area contributed by atoms with Gasteiger partial charge in [0.1, 0.15) is 0 Å². The molecule has 4 nitrogen and oxygen atoms in total. The maximum atomic E-state index is 11.9. The van der Waals surface area contributed by atoms with Gasteiger partial charge in [0, 0.05) is 9.75 Å². The molecule has 0 aliphatic heterocycles. The lowest BCUT2D eigenvalue weighted by Gasteiger charge is -2.11. The third-order valence-corrected chi connectivity index (χ3v) is 4.25. The van der Waals surface area contributed by atoms with Crippen molar-refractivity contribution in [1.82, 2.24) is 5.32 Å². The summed E-state index contributed by atoms with van der Waals surface area (Å²) in [7, 11) is 0. The van der Waals surface area contributed by atoms with Crippen LogP contribution in [0.2, 0.25) is 0 Å². The zero-order valence-electron chi connectivity index (χ0n) is 9.54. The first-order valence-electron chi connectivity index (χ1n) is 5.21. The quantitative estimate of drug-likeness (QED) is 0.905. The first kappa shape index (κ1) is 12.8. The van der Waals surface area contributed by atoms with E-state index < -0.39 is 12.0 Å². The molecule has 1 unspecified atom stereocenters. The van der Waals surface area contributed by atoms with E-state index in [1.165, 1.54) is 22.7 Å². The molecule has 2 heterocycles. The fourth-order valence-electron chi connectivity index (χ4n) is 1.47. The molecule has 2 rings (SSSR count). The summed E-state index contributed by atoms with van der Waals surface area (Å²) in [5.41, 5.74) is 0. The van der Waals surface area contributed by atoms with Gasteiger partial charge in [0.05, 0.1) is 4.88 Å². The van der Waals surface area contributed by atoms with Crippen molar-refractivity contribution in [2.45, 2.75) is 13.0 Å². The highest BCUT2D eigenvalue weighted by Crippen LogP contribution is 2.21. The minimum Gasteiger partial charge on any atom is -0.479 e. The van der Waals surface area contributed by atoms with Gasteiger partial charge in [-0.15, -0.1) is 22.7 Å². The average Bonchev–Trinajstić information content (AvgIpc) is 2.95. The van der Waals surface area contributed by atoms with Gasteiger partial charge in [-0.25, -0.2) is 4.79 Å². The number of nitrogens with one attached hydrogen (secondary N) is 1. The molecule has 1 amide bonds. The van der Waals surface area contributed by atoms with Gasteiger partial charge in [0.15, 0.2) is 6.04 Å². The molecule has 0 aliphatic rings. The van der Waals surface area contributed by atoms with Crippen LogP contribution in [0.3, 0.4) is 0 Å². The Morgan fingerprint density at radius 3 is 2.61 bits per heavy atom. The van der Waals surface area contributed by atoms with Gasteiger partial charge >= 0.3 is 5.97 Å². The van der Waals surface area contributed by atoms with Crippen molar-refractivity contribution >= 4 is 34.6 Å². The zero-order chi connectivity index (χ0) is 13.1. The van der Waals surface area contributed by atoms with E-state index in [9.17, 15) is 9.59 Å². The second kappa shape index (κ2) is 5.32. The molecule has 94 valence electrons. The molecule has 0 saturated heterocycles. The van der Waals surface area contributed by atoms with Crippen LogP contribution in [-0.4, -0.2) is 17.0 Å². The average molecular weight is 281 g/mol. The maximum absolute atomic E-state index is 11.9. The summed E-state index contributed by atoms with van der Waals surface area (Å²) in [6, 6.07) is 6.00. The lowest BCUT2D eigenvalue weighted by atomic mass is 10.2. The van der Waals surface area contributed by atoms with E-state index in [1.807, 2.05) is 13.0 Å². The van der Waals surface area contributed by atoms with Crippen LogP contribution in [0.5, 0.6) is 0 Å². The van der Waals surface area contributed by atoms with Crippen LogP contribution in [-0.2, 0) is 4.79 Å². The summed E-state index contributed by atoms with van der Waals surface area (Å²) >= 11 is 2.65. The van der Waals surface area contributed by atoms with E-state index in [0.29, 0.717) is 9.75 Å². The predicted octanol–water partition coefficient (Wildman–Crippen LogP) is 2.67. The van der Waals surface area contributed by atoms with Crippen LogP contribution in [0, 0.1) is 6.92 Å². The molecular formula is C12H11NO3S2. The molecule has 0 aromatic carbocycles. The van der Waals surface area contributed by atoms with Crippen LogP contribution in [0.4, 0.5) is 0 Å². The van der Waals surface area contributed by atoms with E-state index in [1.54, 1.807) is 23.6 Å². The van der Waals surface area contributed by atoms with E-state index in [0.717, 1.165) is 4.88 Å². The number of aryl methyl sites for hydroxylation is 1. The number of hydrogen-bond acceptors (Lipinski definition) is 4. The van der Waals surface area contributed by atoms with Crippen LogP contribution in [0.15, 0.2) is 29.6 Å². The normalized spacial score (nSPS) is 12.1. The second-order valence-corrected chi connectivity index (χ2v) is 5.94. The lowest BCUT2D eigenvalue weighted by Crippen LogP contribution is -2.32. The first-order valence-corrected chi connectivity index (χ1v) is 6.91. The molecule has 2 N–H and O–H groups in total. The Morgan fingerprint density at radius 1 is 1.33 bits per heavy atom. The third kappa shape index (κ3) is 2.77. The van der Waals surface area contributed by atoms with Gasteiger partial charge in [0.2, 0.25) is 0 Å². The number of carboxylic acids is 1. The Morgan fingerprint density at radius 2 is 2.11 bits per heavy atom. The molecule has 0 spiro atoms. The van der Waals surface area contributed by atoms with Crippen LogP contribution in [0.1, 0.15) is 25.5 Å². The number of rotatable bonds is 4. The van der Waals surface area contributed by atoms with E-state index in [2.05, 4.69) is 5.32 Å². The Balaban J connectivity index is 2.15. The highest BCUT2D eigenvalue weighted by Gasteiger charge is 2.23. The largest absolute Gasteiger partial charge is 0.479 e. The summed E-state index contributed by atoms with van der Waals surface area (Å²) in [5.74, 6) is -1.41. The van der Waals surface area contributed by atoms with Crippen LogP contribution < -0.4 is 5.32 Å². The summed E-state index contributed by atoms with van der Waals surface area (Å²) in [6.07, 6.45) is 0. The number of carbonyl (C=O) groups is 2. The molecule has 2 aromatic heterocycles. The molecule has 18 heavy (non-hydrogen) atoms. The Kier molecular flexibility index (Phi) is 3.78. The number of carbonyl (C=O) groups excluding carboxylic acids is 1. The first-order chi connectivity index (χ1) is 8.58. The highest BCUT2D eigenvalue weighted by molar-refractivity contribution is 7.14. The molecular weight excluding hydrogens is 270 g/mol. The standard InChI is InChI=1S/C12H11NO3S2/c1-7-4-5-9(18-7)11(14)13-10(12(15)16)8-3-2-6-17-8/h2-6,10H,1H3,(H,13,14)(H,15,16). The van der Waals surface area contributed by atoms with Crippen molar-refractivity contribution in [1.29, 1.82) is 0 Å². The Hall–Kier alpha value is -1.66. The SMILES string of the molecule is Cc1ccc(C(=O)NC(C(=O)O)c2cccs2)s1. The Bertz CT molecular complexity index is 560. The summed E-state index contributed by atoms with van der Waals surface area (Å²) < 4.78 is 0. The number of amides is 1. The van der Waals surface area contributed by atoms with Crippen molar-refractivity contribution in [3.8, 4) is 0 Å². The topological polar surface area (TPSA) is 66.4 Å². The maximum Gasteiger partial charge on any atom is 0.331 e. The highest BCUT2D eigenvalue weighted by atomic mass is 32.1. The lowest BCUT2D eigenvalue weighted by molar-refractivity contribution is -0.139. The summed E-state index contributed by atoms with van der Waals surface area (Å²) in [5, 5.41) is 13.5. The number of thiophene rings is 2. The van der Waals surface area contributed by atoms with Gasteiger partial charge in [-0.3, -0.25) is 4.79 Å². The number of carboxylic acid groups (broad SMARTS) is 1.